The van der Waals surface area contributed by atoms with Crippen LogP contribution in [0.25, 0.3) is 22.3 Å². The van der Waals surface area contributed by atoms with E-state index in [2.05, 4.69) is 15.1 Å². The molecule has 0 aliphatic carbocycles. The summed E-state index contributed by atoms with van der Waals surface area (Å²) in [5.41, 5.74) is 2.40. The summed E-state index contributed by atoms with van der Waals surface area (Å²) in [6.07, 6.45) is 2.96. The first-order chi connectivity index (χ1) is 14.5. The van der Waals surface area contributed by atoms with Crippen molar-refractivity contribution < 1.29 is 12.9 Å². The lowest BCUT2D eigenvalue weighted by Crippen LogP contribution is -2.31. The van der Waals surface area contributed by atoms with E-state index in [9.17, 15) is 8.42 Å². The number of nitrogens with zero attached hydrogens (tertiary/aromatic N) is 4. The minimum atomic E-state index is -3.78. The molecule has 152 valence electrons. The fraction of sp³-hybridized carbons (Fsp3) is 0.227. The predicted octanol–water partition coefficient (Wildman–Crippen LogP) is 4.12. The van der Waals surface area contributed by atoms with Crippen molar-refractivity contribution in [3.63, 3.8) is 0 Å². The lowest BCUT2D eigenvalue weighted by molar-refractivity contribution is 0.291. The van der Waals surface area contributed by atoms with Gasteiger partial charge in [-0.05, 0) is 38.0 Å². The lowest BCUT2D eigenvalue weighted by atomic mass is 10.1. The summed E-state index contributed by atoms with van der Waals surface area (Å²) in [6.45, 7) is 2.40. The van der Waals surface area contributed by atoms with Crippen molar-refractivity contribution in [1.82, 2.24) is 19.4 Å². The van der Waals surface area contributed by atoms with E-state index in [1.807, 2.05) is 43.3 Å². The van der Waals surface area contributed by atoms with Crippen molar-refractivity contribution in [2.75, 3.05) is 6.54 Å². The van der Waals surface area contributed by atoms with E-state index < -0.39 is 16.1 Å². The highest BCUT2D eigenvalue weighted by molar-refractivity contribution is 7.89. The number of fused-ring (bicyclic) bond motifs is 1. The van der Waals surface area contributed by atoms with Crippen molar-refractivity contribution in [3.05, 3.63) is 72.2 Å². The number of aromatic nitrogens is 3. The average Bonchev–Trinajstić information content (AvgIpc) is 3.43. The summed E-state index contributed by atoms with van der Waals surface area (Å²) in [6, 6.07) is 16.2. The summed E-state index contributed by atoms with van der Waals surface area (Å²) in [5.74, 6) is 0.783. The summed E-state index contributed by atoms with van der Waals surface area (Å²) < 4.78 is 34.1. The number of sulfonamides is 1. The van der Waals surface area contributed by atoms with Gasteiger partial charge in [0, 0.05) is 23.7 Å². The Balaban J connectivity index is 1.52. The fourth-order valence-corrected chi connectivity index (χ4v) is 5.78. The maximum atomic E-state index is 13.5. The zero-order valence-corrected chi connectivity index (χ0v) is 17.2. The molecule has 1 saturated heterocycles. The van der Waals surface area contributed by atoms with Crippen LogP contribution in [0.5, 0.6) is 0 Å². The maximum absolute atomic E-state index is 13.5. The van der Waals surface area contributed by atoms with Gasteiger partial charge in [0.25, 0.3) is 0 Å². The molecule has 8 heteroatoms. The Morgan fingerprint density at radius 1 is 1.10 bits per heavy atom. The van der Waals surface area contributed by atoms with Crippen LogP contribution in [0.2, 0.25) is 0 Å². The highest BCUT2D eigenvalue weighted by Crippen LogP contribution is 2.37. The molecule has 2 aromatic carbocycles. The molecule has 1 atom stereocenters. The number of benzene rings is 2. The van der Waals surface area contributed by atoms with Crippen molar-refractivity contribution in [2.24, 2.45) is 0 Å². The molecule has 1 fully saturated rings. The monoisotopic (exact) mass is 420 g/mol. The molecule has 2 aromatic heterocycles. The van der Waals surface area contributed by atoms with Gasteiger partial charge in [0.15, 0.2) is 0 Å². The number of aryl methyl sites for hydroxylation is 1. The molecule has 1 aliphatic heterocycles. The van der Waals surface area contributed by atoms with Gasteiger partial charge in [-0.1, -0.05) is 47.1 Å². The third-order valence-electron chi connectivity index (χ3n) is 5.39. The molecule has 0 N–H and O–H groups in total. The van der Waals surface area contributed by atoms with Crippen LogP contribution in [0.4, 0.5) is 0 Å². The molecule has 4 aromatic rings. The molecule has 7 nitrogen and oxygen atoms in total. The van der Waals surface area contributed by atoms with Gasteiger partial charge in [0.1, 0.15) is 10.9 Å². The van der Waals surface area contributed by atoms with Gasteiger partial charge in [0.2, 0.25) is 21.7 Å². The fourth-order valence-electron chi connectivity index (χ4n) is 3.96. The Kier molecular flexibility index (Phi) is 4.60. The van der Waals surface area contributed by atoms with Crippen molar-refractivity contribution in [1.29, 1.82) is 0 Å². The molecule has 0 saturated carbocycles. The molecule has 0 amide bonds. The van der Waals surface area contributed by atoms with Gasteiger partial charge in [-0.3, -0.25) is 4.98 Å². The summed E-state index contributed by atoms with van der Waals surface area (Å²) >= 11 is 0. The van der Waals surface area contributed by atoms with Crippen molar-refractivity contribution in [2.45, 2.75) is 30.7 Å². The van der Waals surface area contributed by atoms with Crippen LogP contribution in [-0.2, 0) is 10.0 Å². The van der Waals surface area contributed by atoms with Crippen LogP contribution in [-0.4, -0.2) is 34.4 Å². The van der Waals surface area contributed by atoms with Gasteiger partial charge in [-0.25, -0.2) is 8.42 Å². The zero-order valence-electron chi connectivity index (χ0n) is 16.4. The minimum Gasteiger partial charge on any atom is -0.337 e. The molecule has 1 aliphatic rings. The minimum absolute atomic E-state index is 0.200. The van der Waals surface area contributed by atoms with E-state index in [1.165, 1.54) is 4.31 Å². The zero-order chi connectivity index (χ0) is 20.7. The Morgan fingerprint density at radius 3 is 2.80 bits per heavy atom. The van der Waals surface area contributed by atoms with Crippen LogP contribution >= 0.6 is 0 Å². The van der Waals surface area contributed by atoms with Gasteiger partial charge >= 0.3 is 0 Å². The molecule has 30 heavy (non-hydrogen) atoms. The number of hydrogen-bond donors (Lipinski definition) is 0. The number of pyridine rings is 1. The normalized spacial score (nSPS) is 17.6. The maximum Gasteiger partial charge on any atom is 0.245 e. The summed E-state index contributed by atoms with van der Waals surface area (Å²) in [4.78, 5) is 9.04. The largest absolute Gasteiger partial charge is 0.337 e. The van der Waals surface area contributed by atoms with Crippen LogP contribution in [0, 0.1) is 6.92 Å². The standard InChI is InChI=1S/C22H20N4O3S/c1-15-6-2-8-17(14-15)21-24-22(29-25-21)18-10-5-13-26(18)30(27,28)19-11-3-7-16-9-4-12-23-20(16)19/h2-4,6-9,11-12,14,18H,5,10,13H2,1H3. The molecule has 0 spiro atoms. The highest BCUT2D eigenvalue weighted by Gasteiger charge is 2.40. The molecule has 1 unspecified atom stereocenters. The first-order valence-electron chi connectivity index (χ1n) is 9.80. The summed E-state index contributed by atoms with van der Waals surface area (Å²) in [5, 5.41) is 4.88. The predicted molar refractivity (Wildman–Crippen MR) is 112 cm³/mol. The first kappa shape index (κ1) is 18.9. The second-order valence-corrected chi connectivity index (χ2v) is 9.29. The van der Waals surface area contributed by atoms with E-state index in [0.717, 1.165) is 22.9 Å². The first-order valence-corrected chi connectivity index (χ1v) is 11.2. The van der Waals surface area contributed by atoms with Crippen LogP contribution in [0.3, 0.4) is 0 Å². The van der Waals surface area contributed by atoms with E-state index >= 15 is 0 Å². The Bertz CT molecular complexity index is 1330. The van der Waals surface area contributed by atoms with E-state index in [-0.39, 0.29) is 4.90 Å². The lowest BCUT2D eigenvalue weighted by Gasteiger charge is -2.21. The Hall–Kier alpha value is -3.10. The molecule has 0 radical (unpaired) electrons. The second kappa shape index (κ2) is 7.30. The van der Waals surface area contributed by atoms with Crippen LogP contribution in [0.1, 0.15) is 30.3 Å². The Labute approximate surface area is 174 Å². The molecule has 0 bridgehead atoms. The van der Waals surface area contributed by atoms with Crippen molar-refractivity contribution in [3.8, 4) is 11.4 Å². The topological polar surface area (TPSA) is 89.2 Å². The third kappa shape index (κ3) is 3.18. The third-order valence-corrected chi connectivity index (χ3v) is 7.33. The second-order valence-electron chi connectivity index (χ2n) is 7.43. The smallest absolute Gasteiger partial charge is 0.245 e. The molecule has 3 heterocycles. The van der Waals surface area contributed by atoms with Gasteiger partial charge in [-0.15, -0.1) is 0 Å². The molecular weight excluding hydrogens is 400 g/mol. The van der Waals surface area contributed by atoms with E-state index in [4.69, 9.17) is 4.52 Å². The summed E-state index contributed by atoms with van der Waals surface area (Å²) in [7, 11) is -3.78. The van der Waals surface area contributed by atoms with Crippen LogP contribution in [0.15, 0.2) is 70.2 Å². The quantitative estimate of drug-likeness (QED) is 0.493. The number of hydrogen-bond acceptors (Lipinski definition) is 6. The van der Waals surface area contributed by atoms with Crippen LogP contribution < -0.4 is 0 Å². The molecular formula is C22H20N4O3S. The van der Waals surface area contributed by atoms with E-state index in [0.29, 0.717) is 30.2 Å². The SMILES string of the molecule is Cc1cccc(-c2noc(C3CCCN3S(=O)(=O)c3cccc4cccnc34)n2)c1. The highest BCUT2D eigenvalue weighted by atomic mass is 32.2. The average molecular weight is 420 g/mol. The van der Waals surface area contributed by atoms with Gasteiger partial charge < -0.3 is 4.52 Å². The van der Waals surface area contributed by atoms with E-state index in [1.54, 1.807) is 24.4 Å². The molecule has 5 rings (SSSR count). The number of para-hydroxylation sites is 1. The number of rotatable bonds is 4. The van der Waals surface area contributed by atoms with Gasteiger partial charge in [-0.2, -0.15) is 9.29 Å². The van der Waals surface area contributed by atoms with Crippen molar-refractivity contribution >= 4 is 20.9 Å². The van der Waals surface area contributed by atoms with Gasteiger partial charge in [0.05, 0.1) is 5.52 Å². The Morgan fingerprint density at radius 2 is 1.93 bits per heavy atom.